The van der Waals surface area contributed by atoms with Gasteiger partial charge >= 0.3 is 0 Å². The van der Waals surface area contributed by atoms with Gasteiger partial charge in [0.1, 0.15) is 0 Å². The predicted octanol–water partition coefficient (Wildman–Crippen LogP) is 2.19. The topological polar surface area (TPSA) is 29.3 Å². The van der Waals surface area contributed by atoms with E-state index in [9.17, 15) is 0 Å². The molecule has 2 N–H and O–H groups in total. The summed E-state index contributed by atoms with van der Waals surface area (Å²) < 4.78 is 0.399. The van der Waals surface area contributed by atoms with Crippen LogP contribution < -0.4 is 5.73 Å². The molecule has 0 saturated carbocycles. The van der Waals surface area contributed by atoms with E-state index in [4.69, 9.17) is 5.73 Å². The molecule has 0 radical (unpaired) electrons. The Kier molecular flexibility index (Phi) is 4.13. The molecule has 0 aromatic heterocycles. The van der Waals surface area contributed by atoms with E-state index in [1.807, 2.05) is 0 Å². The van der Waals surface area contributed by atoms with Gasteiger partial charge in [0.2, 0.25) is 0 Å². The van der Waals surface area contributed by atoms with Gasteiger partial charge in [-0.25, -0.2) is 0 Å². The van der Waals surface area contributed by atoms with Crippen LogP contribution in [0.3, 0.4) is 0 Å². The first kappa shape index (κ1) is 13.3. The Bertz CT molecular complexity index is 208. The van der Waals surface area contributed by atoms with E-state index in [1.165, 1.54) is 18.8 Å². The fourth-order valence-electron chi connectivity index (χ4n) is 1.82. The molecule has 0 aromatic carbocycles. The van der Waals surface area contributed by atoms with E-state index in [1.54, 1.807) is 0 Å². The van der Waals surface area contributed by atoms with E-state index in [2.05, 4.69) is 51.3 Å². The van der Waals surface area contributed by atoms with Crippen molar-refractivity contribution in [1.29, 1.82) is 0 Å². The van der Waals surface area contributed by atoms with Crippen molar-refractivity contribution >= 4 is 11.8 Å². The van der Waals surface area contributed by atoms with Gasteiger partial charge in [0.15, 0.2) is 0 Å². The monoisotopic (exact) mass is 230 g/mol. The lowest BCUT2D eigenvalue weighted by Gasteiger charge is -2.40. The fraction of sp³-hybridized carbons (Fsp3) is 1.00. The van der Waals surface area contributed by atoms with Crippen LogP contribution >= 0.6 is 11.8 Å². The van der Waals surface area contributed by atoms with E-state index < -0.39 is 0 Å². The minimum atomic E-state index is 0.217. The second-order valence-electron chi connectivity index (χ2n) is 6.32. The summed E-state index contributed by atoms with van der Waals surface area (Å²) in [6.07, 6.45) is 0. The lowest BCUT2D eigenvalue weighted by atomic mass is 9.87. The highest BCUT2D eigenvalue weighted by atomic mass is 32.2. The third-order valence-electron chi connectivity index (χ3n) is 3.07. The average Bonchev–Trinajstić information content (AvgIpc) is 2.00. The zero-order valence-electron chi connectivity index (χ0n) is 10.8. The van der Waals surface area contributed by atoms with Gasteiger partial charge in [-0.15, -0.1) is 0 Å². The van der Waals surface area contributed by atoms with Crippen LogP contribution in [-0.4, -0.2) is 41.1 Å². The molecular weight excluding hydrogens is 204 g/mol. The second-order valence-corrected chi connectivity index (χ2v) is 8.12. The van der Waals surface area contributed by atoms with Gasteiger partial charge in [0.05, 0.1) is 0 Å². The maximum Gasteiger partial charge on any atom is 0.0231 e. The molecule has 1 heterocycles. The van der Waals surface area contributed by atoms with Crippen LogP contribution in [0.1, 0.15) is 34.6 Å². The predicted molar refractivity (Wildman–Crippen MR) is 70.4 cm³/mol. The molecule has 2 nitrogen and oxygen atoms in total. The van der Waals surface area contributed by atoms with Crippen molar-refractivity contribution in [2.75, 3.05) is 25.4 Å². The third kappa shape index (κ3) is 4.33. The molecule has 1 rings (SSSR count). The Hall–Kier alpha value is 0.270. The minimum Gasteiger partial charge on any atom is -0.326 e. The molecule has 0 bridgehead atoms. The molecule has 1 atom stereocenters. The fourth-order valence-corrected chi connectivity index (χ4v) is 3.00. The quantitative estimate of drug-likeness (QED) is 0.788. The van der Waals surface area contributed by atoms with Crippen LogP contribution in [0.2, 0.25) is 0 Å². The summed E-state index contributed by atoms with van der Waals surface area (Å²) in [7, 11) is 0. The smallest absolute Gasteiger partial charge is 0.0231 e. The zero-order valence-corrected chi connectivity index (χ0v) is 11.7. The molecular formula is C12H26N2S. The van der Waals surface area contributed by atoms with Crippen molar-refractivity contribution in [2.45, 2.75) is 45.4 Å². The molecule has 0 amide bonds. The average molecular weight is 230 g/mol. The first-order valence-electron chi connectivity index (χ1n) is 5.83. The molecule has 0 aliphatic carbocycles. The number of hydrogen-bond donors (Lipinski definition) is 1. The van der Waals surface area contributed by atoms with Crippen LogP contribution in [0, 0.1) is 5.41 Å². The molecule has 1 unspecified atom stereocenters. The van der Waals surface area contributed by atoms with Gasteiger partial charge in [-0.1, -0.05) is 20.8 Å². The van der Waals surface area contributed by atoms with Crippen LogP contribution in [0.15, 0.2) is 0 Å². The highest BCUT2D eigenvalue weighted by Gasteiger charge is 2.30. The zero-order chi connectivity index (χ0) is 11.7. The highest BCUT2D eigenvalue weighted by molar-refractivity contribution is 8.00. The molecule has 0 aromatic rings. The normalized spacial score (nSPS) is 25.2. The Balaban J connectivity index is 2.45. The summed E-state index contributed by atoms with van der Waals surface area (Å²) in [4.78, 5) is 2.52. The van der Waals surface area contributed by atoms with Gasteiger partial charge in [0.25, 0.3) is 0 Å². The van der Waals surface area contributed by atoms with Crippen LogP contribution in [0.5, 0.6) is 0 Å². The van der Waals surface area contributed by atoms with Crippen molar-refractivity contribution < 1.29 is 0 Å². The Morgan fingerprint density at radius 1 is 1.40 bits per heavy atom. The van der Waals surface area contributed by atoms with Crippen molar-refractivity contribution in [3.05, 3.63) is 0 Å². The van der Waals surface area contributed by atoms with Gasteiger partial charge in [-0.2, -0.15) is 11.8 Å². The summed E-state index contributed by atoms with van der Waals surface area (Å²) in [6.45, 7) is 14.7. The lowest BCUT2D eigenvalue weighted by molar-refractivity contribution is 0.192. The molecule has 90 valence electrons. The maximum atomic E-state index is 6.22. The van der Waals surface area contributed by atoms with Gasteiger partial charge in [0, 0.05) is 36.2 Å². The van der Waals surface area contributed by atoms with Crippen LogP contribution in [0.4, 0.5) is 0 Å². The summed E-state index contributed by atoms with van der Waals surface area (Å²) in [5.74, 6) is 1.24. The summed E-state index contributed by atoms with van der Waals surface area (Å²) in [6, 6.07) is 0.274. The third-order valence-corrected chi connectivity index (χ3v) is 4.37. The molecule has 1 fully saturated rings. The molecule has 0 spiro atoms. The minimum absolute atomic E-state index is 0.217. The summed E-state index contributed by atoms with van der Waals surface area (Å²) in [5, 5.41) is 0. The molecule has 3 heteroatoms. The lowest BCUT2D eigenvalue weighted by Crippen LogP contribution is -2.51. The van der Waals surface area contributed by atoms with Crippen molar-refractivity contribution in [3.63, 3.8) is 0 Å². The number of thioether (sulfide) groups is 1. The molecule has 15 heavy (non-hydrogen) atoms. The number of nitrogens with zero attached hydrogens (tertiary/aromatic N) is 1. The standard InChI is InChI=1S/C12H26N2S/c1-11(2,3)10(13)8-14-6-7-15-12(4,5)9-14/h10H,6-9,13H2,1-5H3. The second kappa shape index (κ2) is 4.64. The number of rotatable bonds is 2. The first-order chi connectivity index (χ1) is 6.71. The van der Waals surface area contributed by atoms with Crippen LogP contribution in [-0.2, 0) is 0 Å². The van der Waals surface area contributed by atoms with E-state index in [0.29, 0.717) is 4.75 Å². The highest BCUT2D eigenvalue weighted by Crippen LogP contribution is 2.30. The molecule has 1 aliphatic rings. The van der Waals surface area contributed by atoms with Crippen molar-refractivity contribution in [2.24, 2.45) is 11.1 Å². The largest absolute Gasteiger partial charge is 0.326 e. The Morgan fingerprint density at radius 3 is 2.47 bits per heavy atom. The molecule has 1 saturated heterocycles. The van der Waals surface area contributed by atoms with E-state index >= 15 is 0 Å². The van der Waals surface area contributed by atoms with Crippen molar-refractivity contribution in [3.8, 4) is 0 Å². The van der Waals surface area contributed by atoms with Gasteiger partial charge < -0.3 is 5.73 Å². The Labute approximate surface area is 99.0 Å². The number of hydrogen-bond acceptors (Lipinski definition) is 3. The Morgan fingerprint density at radius 2 is 2.00 bits per heavy atom. The molecule has 1 aliphatic heterocycles. The van der Waals surface area contributed by atoms with Crippen LogP contribution in [0.25, 0.3) is 0 Å². The summed E-state index contributed by atoms with van der Waals surface area (Å²) >= 11 is 2.08. The van der Waals surface area contributed by atoms with Crippen molar-refractivity contribution in [1.82, 2.24) is 4.90 Å². The van der Waals surface area contributed by atoms with Gasteiger partial charge in [-0.3, -0.25) is 4.90 Å². The van der Waals surface area contributed by atoms with E-state index in [-0.39, 0.29) is 11.5 Å². The first-order valence-corrected chi connectivity index (χ1v) is 6.81. The SMILES string of the molecule is CC1(C)CN(CC(N)C(C)(C)C)CCS1. The van der Waals surface area contributed by atoms with Gasteiger partial charge in [-0.05, 0) is 19.3 Å². The van der Waals surface area contributed by atoms with E-state index in [0.717, 1.165) is 6.54 Å². The maximum absolute atomic E-state index is 6.22. The number of nitrogens with two attached hydrogens (primary N) is 1. The summed E-state index contributed by atoms with van der Waals surface area (Å²) in [5.41, 5.74) is 6.44.